The molecule has 0 saturated heterocycles. The molecule has 0 bridgehead atoms. The highest BCUT2D eigenvalue weighted by Gasteiger charge is 2.53. The van der Waals surface area contributed by atoms with E-state index in [-0.39, 0.29) is 29.5 Å². The molecule has 1 N–H and O–H groups in total. The van der Waals surface area contributed by atoms with Crippen molar-refractivity contribution in [2.75, 3.05) is 0 Å². The van der Waals surface area contributed by atoms with Crippen molar-refractivity contribution in [1.29, 1.82) is 0 Å². The normalized spacial score (nSPS) is 33.6. The Balaban J connectivity index is 1.84. The fourth-order valence-electron chi connectivity index (χ4n) is 5.04. The predicted octanol–water partition coefficient (Wildman–Crippen LogP) is 5.01. The molecular weight excluding hydrogens is 336 g/mol. The molecule has 27 heavy (non-hydrogen) atoms. The highest BCUT2D eigenvalue weighted by molar-refractivity contribution is 5.87. The molecule has 2 aliphatic rings. The molecule has 2 aliphatic carbocycles. The van der Waals surface area contributed by atoms with E-state index in [2.05, 4.69) is 33.8 Å². The molecule has 1 fully saturated rings. The van der Waals surface area contributed by atoms with Crippen molar-refractivity contribution in [2.45, 2.75) is 59.2 Å². The standard InChI is InChI=1S/C24H32O3/c1-16(2)19-14-15-24(4)20(25)12-10-17(3)22(24)23(19)27-21(26)13-11-18-8-6-5-7-9-18/h5-11,13,16,19-20,22-23,25H,12,14-15H2,1-4H3/b13-11+/t19-,20+,22+,23+,24-/m0/s1. The first-order valence-electron chi connectivity index (χ1n) is 10.1. The molecule has 3 heteroatoms. The van der Waals surface area contributed by atoms with Crippen LogP contribution >= 0.6 is 0 Å². The van der Waals surface area contributed by atoms with Crippen LogP contribution in [0.2, 0.25) is 0 Å². The summed E-state index contributed by atoms with van der Waals surface area (Å²) in [5.74, 6) is 0.520. The largest absolute Gasteiger partial charge is 0.458 e. The Morgan fingerprint density at radius 1 is 1.30 bits per heavy atom. The number of carbonyl (C=O) groups excluding carboxylic acids is 1. The smallest absolute Gasteiger partial charge is 0.331 e. The van der Waals surface area contributed by atoms with Crippen molar-refractivity contribution < 1.29 is 14.6 Å². The van der Waals surface area contributed by atoms with E-state index in [4.69, 9.17) is 4.74 Å². The average molecular weight is 369 g/mol. The van der Waals surface area contributed by atoms with Crippen LogP contribution in [0.1, 0.15) is 52.5 Å². The van der Waals surface area contributed by atoms with Gasteiger partial charge in [0.2, 0.25) is 0 Å². The van der Waals surface area contributed by atoms with E-state index in [0.717, 1.165) is 18.4 Å². The maximum absolute atomic E-state index is 12.6. The summed E-state index contributed by atoms with van der Waals surface area (Å²) in [4.78, 5) is 12.6. The van der Waals surface area contributed by atoms with Crippen LogP contribution < -0.4 is 0 Å². The number of ether oxygens (including phenoxy) is 1. The fraction of sp³-hybridized carbons (Fsp3) is 0.542. The monoisotopic (exact) mass is 368 g/mol. The maximum atomic E-state index is 12.6. The Hall–Kier alpha value is -1.87. The van der Waals surface area contributed by atoms with Gasteiger partial charge in [-0.2, -0.15) is 0 Å². The molecule has 0 aromatic heterocycles. The lowest BCUT2D eigenvalue weighted by Gasteiger charge is -2.54. The van der Waals surface area contributed by atoms with Gasteiger partial charge >= 0.3 is 5.97 Å². The third kappa shape index (κ3) is 4.03. The molecule has 5 atom stereocenters. The van der Waals surface area contributed by atoms with Crippen LogP contribution in [0.3, 0.4) is 0 Å². The van der Waals surface area contributed by atoms with E-state index in [0.29, 0.717) is 18.3 Å². The Bertz CT molecular complexity index is 718. The first-order chi connectivity index (χ1) is 12.8. The van der Waals surface area contributed by atoms with E-state index in [1.165, 1.54) is 11.6 Å². The zero-order valence-corrected chi connectivity index (χ0v) is 16.9. The van der Waals surface area contributed by atoms with Crippen LogP contribution in [0.5, 0.6) is 0 Å². The molecule has 1 aromatic carbocycles. The molecule has 0 heterocycles. The number of benzene rings is 1. The minimum atomic E-state index is -0.375. The summed E-state index contributed by atoms with van der Waals surface area (Å²) in [5, 5.41) is 10.7. The first-order valence-corrected chi connectivity index (χ1v) is 10.1. The quantitative estimate of drug-likeness (QED) is 0.461. The molecule has 3 nitrogen and oxygen atoms in total. The van der Waals surface area contributed by atoms with E-state index >= 15 is 0 Å². The second-order valence-electron chi connectivity index (χ2n) is 8.78. The Morgan fingerprint density at radius 2 is 2.00 bits per heavy atom. The van der Waals surface area contributed by atoms with Crippen molar-refractivity contribution in [1.82, 2.24) is 0 Å². The second-order valence-corrected chi connectivity index (χ2v) is 8.78. The van der Waals surface area contributed by atoms with Gasteiger partial charge in [-0.05, 0) is 49.7 Å². The minimum Gasteiger partial charge on any atom is -0.458 e. The van der Waals surface area contributed by atoms with Crippen LogP contribution in [0.15, 0.2) is 48.1 Å². The van der Waals surface area contributed by atoms with Gasteiger partial charge in [0.15, 0.2) is 0 Å². The highest BCUT2D eigenvalue weighted by atomic mass is 16.5. The molecular formula is C24H32O3. The van der Waals surface area contributed by atoms with Crippen molar-refractivity contribution >= 4 is 12.0 Å². The number of aliphatic hydroxyl groups excluding tert-OH is 1. The SMILES string of the molecule is CC1=CC[C@@H](O)[C@]2(C)CC[C@@H](C(C)C)[C@@H](OC(=O)/C=C/c3ccccc3)[C@@H]12. The van der Waals surface area contributed by atoms with E-state index in [1.54, 1.807) is 6.08 Å². The van der Waals surface area contributed by atoms with Crippen LogP contribution in [-0.2, 0) is 9.53 Å². The summed E-state index contributed by atoms with van der Waals surface area (Å²) in [6, 6.07) is 9.77. The zero-order valence-electron chi connectivity index (χ0n) is 16.9. The van der Waals surface area contributed by atoms with E-state index < -0.39 is 0 Å². The first kappa shape index (κ1) is 19.9. The summed E-state index contributed by atoms with van der Waals surface area (Å²) in [6.45, 7) is 8.69. The number of hydrogen-bond donors (Lipinski definition) is 1. The van der Waals surface area contributed by atoms with Crippen LogP contribution in [-0.4, -0.2) is 23.3 Å². The lowest BCUT2D eigenvalue weighted by molar-refractivity contribution is -0.166. The third-order valence-corrected chi connectivity index (χ3v) is 6.71. The van der Waals surface area contributed by atoms with E-state index in [9.17, 15) is 9.90 Å². The Morgan fingerprint density at radius 3 is 2.67 bits per heavy atom. The zero-order chi connectivity index (χ0) is 19.6. The summed E-state index contributed by atoms with van der Waals surface area (Å²) in [6.07, 6.45) is 7.53. The maximum Gasteiger partial charge on any atom is 0.331 e. The molecule has 1 saturated carbocycles. The van der Waals surface area contributed by atoms with Gasteiger partial charge in [0.1, 0.15) is 6.10 Å². The molecule has 0 radical (unpaired) electrons. The Labute approximate surface area is 163 Å². The number of rotatable bonds is 4. The molecule has 146 valence electrons. The van der Waals surface area contributed by atoms with Crippen molar-refractivity contribution in [3.05, 3.63) is 53.6 Å². The lowest BCUT2D eigenvalue weighted by atomic mass is 9.54. The molecule has 1 aromatic rings. The number of esters is 1. The number of aliphatic hydroxyl groups is 1. The molecule has 0 amide bonds. The molecule has 0 unspecified atom stereocenters. The van der Waals surface area contributed by atoms with Crippen molar-refractivity contribution in [2.24, 2.45) is 23.2 Å². The highest BCUT2D eigenvalue weighted by Crippen LogP contribution is 2.54. The summed E-state index contributed by atoms with van der Waals surface area (Å²) < 4.78 is 6.06. The lowest BCUT2D eigenvalue weighted by Crippen LogP contribution is -2.55. The summed E-state index contributed by atoms with van der Waals surface area (Å²) >= 11 is 0. The van der Waals surface area contributed by atoms with Crippen molar-refractivity contribution in [3.63, 3.8) is 0 Å². The van der Waals surface area contributed by atoms with Gasteiger partial charge in [0.25, 0.3) is 0 Å². The Kier molecular flexibility index (Phi) is 5.90. The van der Waals surface area contributed by atoms with E-state index in [1.807, 2.05) is 30.3 Å². The van der Waals surface area contributed by atoms with Gasteiger partial charge in [-0.3, -0.25) is 0 Å². The van der Waals surface area contributed by atoms with Crippen LogP contribution in [0.25, 0.3) is 6.08 Å². The van der Waals surface area contributed by atoms with Gasteiger partial charge in [0, 0.05) is 17.4 Å². The third-order valence-electron chi connectivity index (χ3n) is 6.71. The number of hydrogen-bond acceptors (Lipinski definition) is 3. The van der Waals surface area contributed by atoms with Crippen LogP contribution in [0.4, 0.5) is 0 Å². The number of carbonyl (C=O) groups is 1. The average Bonchev–Trinajstić information content (AvgIpc) is 2.64. The van der Waals surface area contributed by atoms with Crippen LogP contribution in [0, 0.1) is 23.2 Å². The second kappa shape index (κ2) is 8.02. The molecule has 3 rings (SSSR count). The summed E-state index contributed by atoms with van der Waals surface area (Å²) in [7, 11) is 0. The van der Waals surface area contributed by atoms with Gasteiger partial charge < -0.3 is 9.84 Å². The minimum absolute atomic E-state index is 0.0801. The van der Waals surface area contributed by atoms with Gasteiger partial charge in [-0.1, -0.05) is 62.8 Å². The van der Waals surface area contributed by atoms with Gasteiger partial charge in [-0.15, -0.1) is 0 Å². The molecule has 0 aliphatic heterocycles. The fourth-order valence-corrected chi connectivity index (χ4v) is 5.04. The van der Waals surface area contributed by atoms with Crippen molar-refractivity contribution in [3.8, 4) is 0 Å². The summed E-state index contributed by atoms with van der Waals surface area (Å²) in [5.41, 5.74) is 2.00. The molecule has 0 spiro atoms. The predicted molar refractivity (Wildman–Crippen MR) is 109 cm³/mol. The number of fused-ring (bicyclic) bond motifs is 1. The van der Waals surface area contributed by atoms with Gasteiger partial charge in [-0.25, -0.2) is 4.79 Å². The topological polar surface area (TPSA) is 46.5 Å². The van der Waals surface area contributed by atoms with Gasteiger partial charge in [0.05, 0.1) is 6.10 Å².